The summed E-state index contributed by atoms with van der Waals surface area (Å²) in [4.78, 5) is 14.4. The van der Waals surface area contributed by atoms with E-state index in [9.17, 15) is 4.79 Å². The van der Waals surface area contributed by atoms with Gasteiger partial charge >= 0.3 is 6.09 Å². The van der Waals surface area contributed by atoms with Crippen molar-refractivity contribution in [2.75, 3.05) is 0 Å². The lowest BCUT2D eigenvalue weighted by Crippen LogP contribution is -2.33. The molecule has 0 heterocycles. The van der Waals surface area contributed by atoms with Crippen LogP contribution in [0.25, 0.3) is 10.4 Å². The van der Waals surface area contributed by atoms with Crippen molar-refractivity contribution in [2.45, 2.75) is 38.0 Å². The second kappa shape index (κ2) is 6.66. The number of azide groups is 1. The van der Waals surface area contributed by atoms with Gasteiger partial charge in [-0.05, 0) is 30.4 Å². The normalized spacial score (nSPS) is 21.5. The Labute approximate surface area is 111 Å². The number of amides is 1. The molecule has 1 saturated carbocycles. The highest BCUT2D eigenvalue weighted by Crippen LogP contribution is 2.22. The van der Waals surface area contributed by atoms with Gasteiger partial charge in [-0.15, -0.1) is 0 Å². The van der Waals surface area contributed by atoms with Gasteiger partial charge in [0.1, 0.15) is 6.61 Å². The van der Waals surface area contributed by atoms with E-state index in [1.807, 2.05) is 30.3 Å². The predicted octanol–water partition coefficient (Wildman–Crippen LogP) is 3.14. The van der Waals surface area contributed by atoms with Crippen LogP contribution in [0, 0.1) is 0 Å². The Morgan fingerprint density at radius 2 is 2.21 bits per heavy atom. The molecule has 1 aliphatic rings. The molecule has 2 atom stereocenters. The zero-order valence-electron chi connectivity index (χ0n) is 10.5. The van der Waals surface area contributed by atoms with E-state index >= 15 is 0 Å². The van der Waals surface area contributed by atoms with Crippen molar-refractivity contribution in [3.63, 3.8) is 0 Å². The van der Waals surface area contributed by atoms with Crippen molar-refractivity contribution in [3.05, 3.63) is 46.3 Å². The summed E-state index contributed by atoms with van der Waals surface area (Å²) in [5.74, 6) is 0. The van der Waals surface area contributed by atoms with Crippen LogP contribution in [0.2, 0.25) is 0 Å². The molecule has 0 saturated heterocycles. The number of alkyl carbamates (subject to hydrolysis) is 1. The average molecular weight is 260 g/mol. The van der Waals surface area contributed by atoms with Gasteiger partial charge in [0.05, 0.1) is 0 Å². The molecule has 6 nitrogen and oxygen atoms in total. The van der Waals surface area contributed by atoms with Crippen LogP contribution in [-0.2, 0) is 11.3 Å². The number of carbonyl (C=O) groups is 1. The summed E-state index contributed by atoms with van der Waals surface area (Å²) in [6.07, 6.45) is 1.90. The highest BCUT2D eigenvalue weighted by atomic mass is 16.5. The molecular weight excluding hydrogens is 244 g/mol. The SMILES string of the molecule is [N-]=[N+]=NC1CCC(NC(=O)OCc2ccccc2)C1. The van der Waals surface area contributed by atoms with Crippen LogP contribution in [-0.4, -0.2) is 18.2 Å². The third kappa shape index (κ3) is 4.19. The highest BCUT2D eigenvalue weighted by Gasteiger charge is 2.25. The smallest absolute Gasteiger partial charge is 0.407 e. The molecule has 0 radical (unpaired) electrons. The van der Waals surface area contributed by atoms with E-state index in [0.717, 1.165) is 18.4 Å². The third-order valence-electron chi connectivity index (χ3n) is 3.15. The summed E-state index contributed by atoms with van der Waals surface area (Å²) in [6.45, 7) is 0.263. The number of nitrogens with one attached hydrogen (secondary N) is 1. The maximum Gasteiger partial charge on any atom is 0.407 e. The number of hydrogen-bond acceptors (Lipinski definition) is 3. The van der Waals surface area contributed by atoms with Gasteiger partial charge in [0.2, 0.25) is 0 Å². The lowest BCUT2D eigenvalue weighted by molar-refractivity contribution is 0.136. The van der Waals surface area contributed by atoms with E-state index in [1.54, 1.807) is 0 Å². The van der Waals surface area contributed by atoms with Gasteiger partial charge in [-0.2, -0.15) is 0 Å². The zero-order chi connectivity index (χ0) is 13.5. The maximum atomic E-state index is 11.6. The van der Waals surface area contributed by atoms with Gasteiger partial charge < -0.3 is 10.1 Å². The molecule has 100 valence electrons. The van der Waals surface area contributed by atoms with Crippen LogP contribution in [0.1, 0.15) is 24.8 Å². The van der Waals surface area contributed by atoms with Crippen LogP contribution < -0.4 is 5.32 Å². The molecule has 19 heavy (non-hydrogen) atoms. The fourth-order valence-electron chi connectivity index (χ4n) is 2.20. The number of ether oxygens (including phenoxy) is 1. The minimum absolute atomic E-state index is 0.00979. The van der Waals surface area contributed by atoms with E-state index in [4.69, 9.17) is 10.3 Å². The molecule has 0 bridgehead atoms. The van der Waals surface area contributed by atoms with Gasteiger partial charge in [-0.1, -0.05) is 35.4 Å². The molecule has 2 unspecified atom stereocenters. The third-order valence-corrected chi connectivity index (χ3v) is 3.15. The lowest BCUT2D eigenvalue weighted by atomic mass is 10.2. The number of carbonyl (C=O) groups excluding carboxylic acids is 1. The molecule has 1 aliphatic carbocycles. The number of nitrogens with zero attached hydrogens (tertiary/aromatic N) is 3. The van der Waals surface area contributed by atoms with Gasteiger partial charge in [0.15, 0.2) is 0 Å². The minimum atomic E-state index is -0.421. The zero-order valence-corrected chi connectivity index (χ0v) is 10.5. The average Bonchev–Trinajstić information content (AvgIpc) is 2.85. The first kappa shape index (κ1) is 13.2. The Bertz CT molecular complexity index is 471. The van der Waals surface area contributed by atoms with Crippen LogP contribution in [0.3, 0.4) is 0 Å². The molecule has 0 aromatic heterocycles. The summed E-state index contributed by atoms with van der Waals surface area (Å²) >= 11 is 0. The molecule has 1 aromatic carbocycles. The molecule has 0 spiro atoms. The molecule has 1 fully saturated rings. The van der Waals surface area contributed by atoms with Crippen molar-refractivity contribution in [1.82, 2.24) is 5.32 Å². The number of benzene rings is 1. The summed E-state index contributed by atoms with van der Waals surface area (Å²) in [5, 5.41) is 6.46. The quantitative estimate of drug-likeness (QED) is 0.512. The molecule has 2 rings (SSSR count). The van der Waals surface area contributed by atoms with E-state index in [0.29, 0.717) is 6.42 Å². The largest absolute Gasteiger partial charge is 0.445 e. The van der Waals surface area contributed by atoms with Gasteiger partial charge in [0, 0.05) is 17.0 Å². The first-order valence-electron chi connectivity index (χ1n) is 6.29. The van der Waals surface area contributed by atoms with Crippen molar-refractivity contribution in [3.8, 4) is 0 Å². The molecular formula is C13H16N4O2. The molecule has 1 N–H and O–H groups in total. The molecule has 6 heteroatoms. The van der Waals surface area contributed by atoms with Crippen molar-refractivity contribution < 1.29 is 9.53 Å². The Balaban J connectivity index is 1.72. The van der Waals surface area contributed by atoms with Crippen molar-refractivity contribution >= 4 is 6.09 Å². The van der Waals surface area contributed by atoms with Crippen LogP contribution in [0.4, 0.5) is 4.79 Å². The van der Waals surface area contributed by atoms with Gasteiger partial charge in [0.25, 0.3) is 0 Å². The summed E-state index contributed by atoms with van der Waals surface area (Å²) < 4.78 is 5.13. The minimum Gasteiger partial charge on any atom is -0.445 e. The number of rotatable bonds is 4. The second-order valence-electron chi connectivity index (χ2n) is 4.57. The fraction of sp³-hybridized carbons (Fsp3) is 0.462. The lowest BCUT2D eigenvalue weighted by Gasteiger charge is -2.12. The van der Waals surface area contributed by atoms with E-state index in [2.05, 4.69) is 15.3 Å². The van der Waals surface area contributed by atoms with Gasteiger partial charge in [-0.3, -0.25) is 0 Å². The van der Waals surface area contributed by atoms with Crippen LogP contribution in [0.5, 0.6) is 0 Å². The van der Waals surface area contributed by atoms with E-state index in [1.165, 1.54) is 0 Å². The maximum absolute atomic E-state index is 11.6. The standard InChI is InChI=1S/C13H16N4O2/c14-17-16-12-7-6-11(8-12)15-13(18)19-9-10-4-2-1-3-5-10/h1-5,11-12H,6-9H2,(H,15,18). The molecule has 1 aromatic rings. The Morgan fingerprint density at radius 3 is 2.95 bits per heavy atom. The van der Waals surface area contributed by atoms with Crippen LogP contribution >= 0.6 is 0 Å². The summed E-state index contributed by atoms with van der Waals surface area (Å²) in [6, 6.07) is 9.55. The first-order chi connectivity index (χ1) is 9.28. The van der Waals surface area contributed by atoms with E-state index < -0.39 is 6.09 Å². The fourth-order valence-corrected chi connectivity index (χ4v) is 2.20. The van der Waals surface area contributed by atoms with Gasteiger partial charge in [-0.25, -0.2) is 4.79 Å². The topological polar surface area (TPSA) is 87.1 Å². The van der Waals surface area contributed by atoms with E-state index in [-0.39, 0.29) is 18.7 Å². The monoisotopic (exact) mass is 260 g/mol. The Hall–Kier alpha value is -2.20. The predicted molar refractivity (Wildman–Crippen MR) is 70.3 cm³/mol. The molecule has 1 amide bonds. The number of hydrogen-bond donors (Lipinski definition) is 1. The second-order valence-corrected chi connectivity index (χ2v) is 4.57. The Morgan fingerprint density at radius 1 is 1.42 bits per heavy atom. The first-order valence-corrected chi connectivity index (χ1v) is 6.29. The Kier molecular flexibility index (Phi) is 4.64. The molecule has 0 aliphatic heterocycles. The highest BCUT2D eigenvalue weighted by molar-refractivity contribution is 5.67. The van der Waals surface area contributed by atoms with Crippen LogP contribution in [0.15, 0.2) is 35.4 Å². The van der Waals surface area contributed by atoms with Crippen molar-refractivity contribution in [1.29, 1.82) is 0 Å². The summed E-state index contributed by atoms with van der Waals surface area (Å²) in [7, 11) is 0. The summed E-state index contributed by atoms with van der Waals surface area (Å²) in [5.41, 5.74) is 9.31. The van der Waals surface area contributed by atoms with Crippen molar-refractivity contribution in [2.24, 2.45) is 5.11 Å².